The minimum atomic E-state index is -3.88. The highest BCUT2D eigenvalue weighted by atomic mass is 32.2. The van der Waals surface area contributed by atoms with Crippen molar-refractivity contribution in [3.8, 4) is 0 Å². The summed E-state index contributed by atoms with van der Waals surface area (Å²) in [6, 6.07) is 10.5. The minimum Gasteiger partial charge on any atom is -0.379 e. The molecule has 1 heterocycles. The number of ether oxygens (including phenoxy) is 1. The second-order valence-electron chi connectivity index (χ2n) is 7.04. The van der Waals surface area contributed by atoms with Crippen molar-refractivity contribution in [2.75, 3.05) is 39.4 Å². The molecule has 0 atom stereocenters. The Kier molecular flexibility index (Phi) is 7.96. The van der Waals surface area contributed by atoms with Gasteiger partial charge in [-0.3, -0.25) is 4.79 Å². The number of carbonyl (C=O) groups is 1. The van der Waals surface area contributed by atoms with Crippen LogP contribution >= 0.6 is 0 Å². The van der Waals surface area contributed by atoms with Crippen molar-refractivity contribution in [2.24, 2.45) is 0 Å². The van der Waals surface area contributed by atoms with Crippen LogP contribution < -0.4 is 10.0 Å². The van der Waals surface area contributed by atoms with Gasteiger partial charge in [0.1, 0.15) is 5.82 Å². The summed E-state index contributed by atoms with van der Waals surface area (Å²) in [5.74, 6) is -0.719. The highest BCUT2D eigenvalue weighted by Gasteiger charge is 2.26. The van der Waals surface area contributed by atoms with Crippen LogP contribution in [0.15, 0.2) is 58.3 Å². The molecule has 1 aliphatic rings. The lowest BCUT2D eigenvalue weighted by molar-refractivity contribution is -0.120. The predicted molar refractivity (Wildman–Crippen MR) is 114 cm³/mol. The summed E-state index contributed by atoms with van der Waals surface area (Å²) in [4.78, 5) is 11.8. The fraction of sp³-hybridized carbons (Fsp3) is 0.350. The van der Waals surface area contributed by atoms with Crippen LogP contribution in [0, 0.1) is 5.82 Å². The smallest absolute Gasteiger partial charge is 0.243 e. The molecule has 1 fully saturated rings. The van der Waals surface area contributed by atoms with E-state index in [0.717, 1.165) is 0 Å². The monoisotopic (exact) mass is 485 g/mol. The van der Waals surface area contributed by atoms with Crippen LogP contribution in [-0.4, -0.2) is 66.4 Å². The molecule has 2 aromatic carbocycles. The number of hydrogen-bond donors (Lipinski definition) is 2. The Balaban J connectivity index is 1.50. The van der Waals surface area contributed by atoms with Gasteiger partial charge < -0.3 is 10.1 Å². The number of halogens is 1. The van der Waals surface area contributed by atoms with Crippen LogP contribution in [0.2, 0.25) is 0 Å². The lowest BCUT2D eigenvalue weighted by atomic mass is 10.1. The van der Waals surface area contributed by atoms with Crippen LogP contribution in [0.1, 0.15) is 5.56 Å². The van der Waals surface area contributed by atoms with Crippen LogP contribution in [0.3, 0.4) is 0 Å². The Morgan fingerprint density at radius 2 is 1.50 bits per heavy atom. The number of hydrogen-bond acceptors (Lipinski definition) is 6. The maximum Gasteiger partial charge on any atom is 0.243 e. The van der Waals surface area contributed by atoms with Gasteiger partial charge in [-0.25, -0.2) is 25.9 Å². The van der Waals surface area contributed by atoms with Gasteiger partial charge in [0.2, 0.25) is 26.0 Å². The van der Waals surface area contributed by atoms with Crippen molar-refractivity contribution < 1.29 is 30.8 Å². The molecular formula is C20H24FN3O6S2. The molecular weight excluding hydrogens is 461 g/mol. The van der Waals surface area contributed by atoms with E-state index in [1.54, 1.807) is 0 Å². The zero-order valence-corrected chi connectivity index (χ0v) is 18.8. The predicted octanol–water partition coefficient (Wildman–Crippen LogP) is 0.484. The first-order chi connectivity index (χ1) is 15.2. The van der Waals surface area contributed by atoms with E-state index < -0.39 is 25.9 Å². The first-order valence-corrected chi connectivity index (χ1v) is 12.8. The summed E-state index contributed by atoms with van der Waals surface area (Å²) in [5.41, 5.74) is 0.636. The summed E-state index contributed by atoms with van der Waals surface area (Å²) in [6.45, 7) is 1.13. The Morgan fingerprint density at radius 1 is 0.906 bits per heavy atom. The van der Waals surface area contributed by atoms with Crippen LogP contribution in [-0.2, 0) is 36.0 Å². The fourth-order valence-electron chi connectivity index (χ4n) is 3.05. The molecule has 0 unspecified atom stereocenters. The van der Waals surface area contributed by atoms with E-state index in [0.29, 0.717) is 18.8 Å². The molecule has 12 heteroatoms. The Hall–Kier alpha value is -2.38. The molecule has 0 radical (unpaired) electrons. The normalized spacial score (nSPS) is 15.4. The maximum atomic E-state index is 12.9. The number of carbonyl (C=O) groups excluding carboxylic acids is 1. The van der Waals surface area contributed by atoms with Gasteiger partial charge in [0.25, 0.3) is 0 Å². The molecule has 0 bridgehead atoms. The van der Waals surface area contributed by atoms with E-state index >= 15 is 0 Å². The third-order valence-corrected chi connectivity index (χ3v) is 8.15. The topological polar surface area (TPSA) is 122 Å². The summed E-state index contributed by atoms with van der Waals surface area (Å²) in [5, 5.41) is 2.58. The minimum absolute atomic E-state index is 0.00593. The standard InChI is InChI=1S/C20H24FN3O6S2/c21-17-3-1-16(2-4-17)15-20(25)22-9-10-23-31(26,27)18-5-7-19(8-6-18)32(28,29)24-11-13-30-14-12-24/h1-8,23H,9-15H2,(H,22,25). The molecule has 1 amide bonds. The van der Waals surface area contributed by atoms with Crippen LogP contribution in [0.4, 0.5) is 4.39 Å². The van der Waals surface area contributed by atoms with Crippen LogP contribution in [0.5, 0.6) is 0 Å². The lowest BCUT2D eigenvalue weighted by Gasteiger charge is -2.26. The number of rotatable bonds is 9. The highest BCUT2D eigenvalue weighted by Crippen LogP contribution is 2.19. The van der Waals surface area contributed by atoms with Gasteiger partial charge in [-0.05, 0) is 42.0 Å². The second-order valence-corrected chi connectivity index (χ2v) is 10.7. The molecule has 1 aliphatic heterocycles. The van der Waals surface area contributed by atoms with Crippen molar-refractivity contribution >= 4 is 26.0 Å². The molecule has 2 aromatic rings. The zero-order chi connectivity index (χ0) is 23.2. The van der Waals surface area contributed by atoms with Gasteiger partial charge in [0, 0.05) is 26.2 Å². The molecule has 0 aromatic heterocycles. The van der Waals surface area contributed by atoms with Gasteiger partial charge in [0.05, 0.1) is 29.4 Å². The second kappa shape index (κ2) is 10.5. The molecule has 0 aliphatic carbocycles. The van der Waals surface area contributed by atoms with E-state index in [1.807, 2.05) is 0 Å². The number of sulfonamides is 2. The largest absolute Gasteiger partial charge is 0.379 e. The Bertz CT molecular complexity index is 1130. The Labute approximate surface area is 186 Å². The number of nitrogens with one attached hydrogen (secondary N) is 2. The lowest BCUT2D eigenvalue weighted by Crippen LogP contribution is -2.40. The SMILES string of the molecule is O=C(Cc1ccc(F)cc1)NCCNS(=O)(=O)c1ccc(S(=O)(=O)N2CCOCC2)cc1. The first kappa shape index (κ1) is 24.3. The highest BCUT2D eigenvalue weighted by molar-refractivity contribution is 7.89. The average Bonchev–Trinajstić information content (AvgIpc) is 2.79. The van der Waals surface area contributed by atoms with Crippen molar-refractivity contribution in [2.45, 2.75) is 16.2 Å². The summed E-state index contributed by atoms with van der Waals surface area (Å²) in [6.07, 6.45) is 0.0477. The zero-order valence-electron chi connectivity index (χ0n) is 17.2. The van der Waals surface area contributed by atoms with E-state index in [9.17, 15) is 26.0 Å². The number of amides is 1. The van der Waals surface area contributed by atoms with E-state index in [-0.39, 0.29) is 48.3 Å². The molecule has 32 heavy (non-hydrogen) atoms. The molecule has 9 nitrogen and oxygen atoms in total. The summed E-state index contributed by atoms with van der Waals surface area (Å²) in [7, 11) is -7.59. The third-order valence-electron chi connectivity index (χ3n) is 4.76. The summed E-state index contributed by atoms with van der Waals surface area (Å²) < 4.78 is 71.8. The van der Waals surface area contributed by atoms with Gasteiger partial charge >= 0.3 is 0 Å². The Morgan fingerprint density at radius 3 is 2.12 bits per heavy atom. The summed E-state index contributed by atoms with van der Waals surface area (Å²) >= 11 is 0. The van der Waals surface area contributed by atoms with Gasteiger partial charge in [0.15, 0.2) is 0 Å². The van der Waals surface area contributed by atoms with Crippen molar-refractivity contribution in [3.05, 3.63) is 59.9 Å². The average molecular weight is 486 g/mol. The number of benzene rings is 2. The van der Waals surface area contributed by atoms with E-state index in [2.05, 4.69) is 10.0 Å². The van der Waals surface area contributed by atoms with Crippen molar-refractivity contribution in [1.82, 2.24) is 14.3 Å². The van der Waals surface area contributed by atoms with Crippen LogP contribution in [0.25, 0.3) is 0 Å². The molecule has 2 N–H and O–H groups in total. The first-order valence-electron chi connectivity index (χ1n) is 9.87. The molecule has 0 spiro atoms. The third kappa shape index (κ3) is 6.33. The van der Waals surface area contributed by atoms with Crippen molar-refractivity contribution in [3.63, 3.8) is 0 Å². The fourth-order valence-corrected chi connectivity index (χ4v) is 5.49. The quantitative estimate of drug-likeness (QED) is 0.499. The molecule has 174 valence electrons. The molecule has 3 rings (SSSR count). The van der Waals surface area contributed by atoms with Crippen molar-refractivity contribution in [1.29, 1.82) is 0 Å². The van der Waals surface area contributed by atoms with E-state index in [4.69, 9.17) is 4.74 Å². The number of morpholine rings is 1. The molecule has 0 saturated carbocycles. The van der Waals surface area contributed by atoms with E-state index in [1.165, 1.54) is 52.8 Å². The maximum absolute atomic E-state index is 12.9. The van der Waals surface area contributed by atoms with Gasteiger partial charge in [-0.1, -0.05) is 12.1 Å². The number of nitrogens with zero attached hydrogens (tertiary/aromatic N) is 1. The molecule has 1 saturated heterocycles. The van der Waals surface area contributed by atoms with Gasteiger partial charge in [-0.2, -0.15) is 4.31 Å². The van der Waals surface area contributed by atoms with Gasteiger partial charge in [-0.15, -0.1) is 0 Å².